The molecule has 0 aromatic heterocycles. The lowest BCUT2D eigenvalue weighted by Gasteiger charge is -2.24. The lowest BCUT2D eigenvalue weighted by molar-refractivity contribution is 0.512. The van der Waals surface area contributed by atoms with E-state index >= 15 is 0 Å². The molecule has 0 amide bonds. The first-order valence-electron chi connectivity index (χ1n) is 3.97. The molecule has 0 bridgehead atoms. The minimum Gasteiger partial charge on any atom is -0.110 e. The minimum absolute atomic E-state index is 0. The molecule has 0 saturated heterocycles. The quantitative estimate of drug-likeness (QED) is 0.403. The van der Waals surface area contributed by atoms with Gasteiger partial charge >= 0.3 is 0 Å². The van der Waals surface area contributed by atoms with Gasteiger partial charge in [0, 0.05) is 8.41 Å². The molecule has 10 heavy (non-hydrogen) atoms. The van der Waals surface area contributed by atoms with Crippen LogP contribution in [0.3, 0.4) is 0 Å². The molecule has 1 aliphatic carbocycles. The number of hydrogen-bond acceptors (Lipinski definition) is 0. The van der Waals surface area contributed by atoms with E-state index in [1.54, 1.807) is 0 Å². The van der Waals surface area contributed by atoms with Crippen LogP contribution in [0.25, 0.3) is 0 Å². The SMILES string of the molecule is CP(C)C1CCCCC1.[B]. The van der Waals surface area contributed by atoms with Crippen molar-refractivity contribution < 1.29 is 0 Å². The maximum Gasteiger partial charge on any atom is 0 e. The van der Waals surface area contributed by atoms with Crippen molar-refractivity contribution in [2.45, 2.75) is 37.8 Å². The third-order valence-electron chi connectivity index (χ3n) is 2.30. The van der Waals surface area contributed by atoms with Crippen LogP contribution in [0, 0.1) is 0 Å². The van der Waals surface area contributed by atoms with Gasteiger partial charge in [-0.05, 0) is 31.8 Å². The Morgan fingerprint density at radius 3 is 1.80 bits per heavy atom. The lowest BCUT2D eigenvalue weighted by atomic mass is 10.0. The molecule has 0 spiro atoms. The minimum atomic E-state index is 0. The van der Waals surface area contributed by atoms with Crippen molar-refractivity contribution in [3.8, 4) is 0 Å². The molecule has 1 aliphatic rings. The molecule has 3 radical (unpaired) electrons. The molecule has 0 heterocycles. The van der Waals surface area contributed by atoms with Crippen LogP contribution in [-0.4, -0.2) is 27.4 Å². The Morgan fingerprint density at radius 1 is 1.00 bits per heavy atom. The van der Waals surface area contributed by atoms with E-state index in [1.165, 1.54) is 32.1 Å². The Hall–Kier alpha value is 0.495. The van der Waals surface area contributed by atoms with E-state index in [2.05, 4.69) is 13.3 Å². The molecule has 1 saturated carbocycles. The van der Waals surface area contributed by atoms with Crippen molar-refractivity contribution in [3.63, 3.8) is 0 Å². The second kappa shape index (κ2) is 5.19. The molecular weight excluding hydrogens is 138 g/mol. The molecule has 2 heteroatoms. The van der Waals surface area contributed by atoms with Crippen LogP contribution < -0.4 is 0 Å². The van der Waals surface area contributed by atoms with Gasteiger partial charge in [-0.25, -0.2) is 0 Å². The summed E-state index contributed by atoms with van der Waals surface area (Å²) >= 11 is 0. The Bertz CT molecular complexity index is 77.3. The standard InChI is InChI=1S/C8H17P.B/c1-9(2)8-6-4-3-5-7-8;/h8H,3-7H2,1-2H3;. The molecule has 0 nitrogen and oxygen atoms in total. The highest BCUT2D eigenvalue weighted by molar-refractivity contribution is 7.56. The van der Waals surface area contributed by atoms with Crippen LogP contribution in [0.15, 0.2) is 0 Å². The average Bonchev–Trinajstić information content (AvgIpc) is 1.90. The molecule has 0 aliphatic heterocycles. The fraction of sp³-hybridized carbons (Fsp3) is 1.00. The molecular formula is C8H17BP. The van der Waals surface area contributed by atoms with Crippen LogP contribution >= 0.6 is 7.92 Å². The first-order chi connectivity index (χ1) is 4.30. The van der Waals surface area contributed by atoms with Crippen LogP contribution in [0.2, 0.25) is 0 Å². The summed E-state index contributed by atoms with van der Waals surface area (Å²) in [6, 6.07) is 0. The fourth-order valence-corrected chi connectivity index (χ4v) is 3.00. The van der Waals surface area contributed by atoms with Crippen LogP contribution in [-0.2, 0) is 0 Å². The monoisotopic (exact) mass is 155 g/mol. The Balaban J connectivity index is 0.000000810. The van der Waals surface area contributed by atoms with Gasteiger partial charge in [-0.2, -0.15) is 0 Å². The maximum atomic E-state index is 2.42. The molecule has 1 rings (SSSR count). The van der Waals surface area contributed by atoms with E-state index in [-0.39, 0.29) is 8.41 Å². The van der Waals surface area contributed by atoms with Crippen LogP contribution in [0.4, 0.5) is 0 Å². The summed E-state index contributed by atoms with van der Waals surface area (Å²) < 4.78 is 0. The van der Waals surface area contributed by atoms with E-state index in [9.17, 15) is 0 Å². The normalized spacial score (nSPS) is 20.7. The maximum absolute atomic E-state index is 2.42. The zero-order valence-corrected chi connectivity index (χ0v) is 8.03. The summed E-state index contributed by atoms with van der Waals surface area (Å²) in [7, 11) is 0.381. The van der Waals surface area contributed by atoms with E-state index in [4.69, 9.17) is 0 Å². The van der Waals surface area contributed by atoms with Gasteiger partial charge in [-0.3, -0.25) is 0 Å². The van der Waals surface area contributed by atoms with Crippen LogP contribution in [0.5, 0.6) is 0 Å². The zero-order chi connectivity index (χ0) is 6.69. The molecule has 0 atom stereocenters. The molecule has 0 aromatic rings. The molecule has 1 fully saturated rings. The van der Waals surface area contributed by atoms with E-state index in [0.29, 0.717) is 7.92 Å². The van der Waals surface area contributed by atoms with Gasteiger partial charge in [0.15, 0.2) is 0 Å². The summed E-state index contributed by atoms with van der Waals surface area (Å²) in [6.07, 6.45) is 7.56. The molecule has 57 valence electrons. The largest absolute Gasteiger partial charge is 0.110 e. The second-order valence-electron chi connectivity index (χ2n) is 3.26. The van der Waals surface area contributed by atoms with Crippen molar-refractivity contribution >= 4 is 16.3 Å². The highest BCUT2D eigenvalue weighted by Gasteiger charge is 2.15. The fourth-order valence-electron chi connectivity index (χ4n) is 1.60. The van der Waals surface area contributed by atoms with Crippen molar-refractivity contribution in [1.82, 2.24) is 0 Å². The second-order valence-corrected chi connectivity index (χ2v) is 5.91. The first-order valence-corrected chi connectivity index (χ1v) is 6.27. The van der Waals surface area contributed by atoms with Crippen molar-refractivity contribution in [2.75, 3.05) is 13.3 Å². The molecule has 0 N–H and O–H groups in total. The van der Waals surface area contributed by atoms with E-state index in [1.807, 2.05) is 0 Å². The van der Waals surface area contributed by atoms with Crippen molar-refractivity contribution in [2.24, 2.45) is 0 Å². The average molecular weight is 155 g/mol. The van der Waals surface area contributed by atoms with Gasteiger partial charge in [-0.15, -0.1) is 7.92 Å². The third-order valence-corrected chi connectivity index (χ3v) is 4.28. The number of hydrogen-bond donors (Lipinski definition) is 0. The molecule has 0 unspecified atom stereocenters. The Kier molecular flexibility index (Phi) is 5.44. The Labute approximate surface area is 68.1 Å². The smallest absolute Gasteiger partial charge is 0 e. The van der Waals surface area contributed by atoms with Crippen molar-refractivity contribution in [3.05, 3.63) is 0 Å². The van der Waals surface area contributed by atoms with Gasteiger partial charge in [0.2, 0.25) is 0 Å². The summed E-state index contributed by atoms with van der Waals surface area (Å²) in [5.41, 5.74) is 1.12. The zero-order valence-electron chi connectivity index (χ0n) is 7.14. The highest BCUT2D eigenvalue weighted by Crippen LogP contribution is 2.41. The van der Waals surface area contributed by atoms with Gasteiger partial charge < -0.3 is 0 Å². The highest BCUT2D eigenvalue weighted by atomic mass is 31.1. The van der Waals surface area contributed by atoms with E-state index < -0.39 is 0 Å². The van der Waals surface area contributed by atoms with Gasteiger partial charge in [0.1, 0.15) is 0 Å². The summed E-state index contributed by atoms with van der Waals surface area (Å²) in [5.74, 6) is 0. The molecule has 0 aromatic carbocycles. The summed E-state index contributed by atoms with van der Waals surface area (Å²) in [4.78, 5) is 0. The van der Waals surface area contributed by atoms with Gasteiger partial charge in [0.05, 0.1) is 0 Å². The third kappa shape index (κ3) is 3.06. The first kappa shape index (κ1) is 10.5. The van der Waals surface area contributed by atoms with Crippen LogP contribution in [0.1, 0.15) is 32.1 Å². The topological polar surface area (TPSA) is 0 Å². The van der Waals surface area contributed by atoms with Crippen molar-refractivity contribution in [1.29, 1.82) is 0 Å². The predicted molar refractivity (Wildman–Crippen MR) is 51.4 cm³/mol. The summed E-state index contributed by atoms with van der Waals surface area (Å²) in [5, 5.41) is 0. The van der Waals surface area contributed by atoms with Gasteiger partial charge in [0.25, 0.3) is 0 Å². The Morgan fingerprint density at radius 2 is 1.50 bits per heavy atom. The van der Waals surface area contributed by atoms with E-state index in [0.717, 1.165) is 5.66 Å². The number of rotatable bonds is 1. The summed E-state index contributed by atoms with van der Waals surface area (Å²) in [6.45, 7) is 4.84. The van der Waals surface area contributed by atoms with Gasteiger partial charge in [-0.1, -0.05) is 19.3 Å². The predicted octanol–water partition coefficient (Wildman–Crippen LogP) is 2.68. The lowest BCUT2D eigenvalue weighted by Crippen LogP contribution is -2.09.